The predicted molar refractivity (Wildman–Crippen MR) is 64.5 cm³/mol. The zero-order valence-electron chi connectivity index (χ0n) is 7.83. The summed E-state index contributed by atoms with van der Waals surface area (Å²) in [5, 5.41) is 10.3. The number of furan rings is 1. The van der Waals surface area contributed by atoms with E-state index in [2.05, 4.69) is 15.9 Å². The van der Waals surface area contributed by atoms with Crippen LogP contribution in [0.1, 0.15) is 22.3 Å². The smallest absolute Gasteiger partial charge is 0.193 e. The summed E-state index contributed by atoms with van der Waals surface area (Å²) < 4.78 is 6.16. The largest absolute Gasteiger partial charge is 0.447 e. The van der Waals surface area contributed by atoms with Gasteiger partial charge in [-0.2, -0.15) is 0 Å². The topological polar surface area (TPSA) is 33.4 Å². The molecule has 5 heteroatoms. The van der Waals surface area contributed by atoms with Gasteiger partial charge < -0.3 is 9.52 Å². The minimum absolute atomic E-state index is 0.288. The van der Waals surface area contributed by atoms with E-state index in [0.29, 0.717) is 5.76 Å². The molecule has 2 heterocycles. The zero-order valence-corrected chi connectivity index (χ0v) is 11.0. The van der Waals surface area contributed by atoms with E-state index >= 15 is 0 Å². The van der Waals surface area contributed by atoms with E-state index in [9.17, 15) is 5.11 Å². The Labute approximate surface area is 105 Å². The van der Waals surface area contributed by atoms with Gasteiger partial charge in [-0.1, -0.05) is 0 Å². The second-order valence-electron chi connectivity index (χ2n) is 3.11. The second-order valence-corrected chi connectivity index (χ2v) is 6.11. The molecule has 0 saturated carbocycles. The molecule has 0 radical (unpaired) electrons. The van der Waals surface area contributed by atoms with Crippen LogP contribution in [0.25, 0.3) is 0 Å². The van der Waals surface area contributed by atoms with Gasteiger partial charge in [-0.25, -0.2) is 0 Å². The molecule has 0 aliphatic heterocycles. The van der Waals surface area contributed by atoms with Gasteiger partial charge in [0.1, 0.15) is 11.9 Å². The van der Waals surface area contributed by atoms with Crippen LogP contribution in [0, 0.1) is 6.92 Å². The lowest BCUT2D eigenvalue weighted by Gasteiger charge is -2.06. The van der Waals surface area contributed by atoms with Gasteiger partial charge in [0.05, 0.1) is 3.79 Å². The third kappa shape index (κ3) is 2.28. The molecule has 2 aromatic heterocycles. The summed E-state index contributed by atoms with van der Waals surface area (Å²) in [5.41, 5.74) is 0.845. The molecule has 0 fully saturated rings. The average Bonchev–Trinajstić information content (AvgIpc) is 2.71. The van der Waals surface area contributed by atoms with Gasteiger partial charge in [-0.05, 0) is 52.7 Å². The molecule has 0 aliphatic carbocycles. The summed E-state index contributed by atoms with van der Waals surface area (Å²) in [4.78, 5) is 1.06. The average molecular weight is 308 g/mol. The van der Waals surface area contributed by atoms with Crippen LogP contribution >= 0.6 is 38.9 Å². The lowest BCUT2D eigenvalue weighted by molar-refractivity contribution is 0.189. The Kier molecular flexibility index (Phi) is 3.21. The molecule has 0 saturated heterocycles. The Morgan fingerprint density at radius 2 is 2.27 bits per heavy atom. The first-order chi connectivity index (χ1) is 7.08. The molecular formula is C10H8BrClO2S. The number of aliphatic hydroxyl groups excluding tert-OH is 1. The molecule has 0 aromatic carbocycles. The van der Waals surface area contributed by atoms with Crippen LogP contribution in [-0.2, 0) is 0 Å². The van der Waals surface area contributed by atoms with Crippen molar-refractivity contribution in [3.8, 4) is 0 Å². The number of aliphatic hydroxyl groups is 1. The molecule has 2 aromatic rings. The Balaban J connectivity index is 2.35. The maximum atomic E-state index is 10.0. The maximum absolute atomic E-state index is 10.0. The SMILES string of the molecule is Cc1sc(Br)cc1C(O)c1ccc(Cl)o1. The first-order valence-corrected chi connectivity index (χ1v) is 6.26. The van der Waals surface area contributed by atoms with Crippen molar-refractivity contribution in [1.29, 1.82) is 0 Å². The number of rotatable bonds is 2. The molecule has 0 spiro atoms. The van der Waals surface area contributed by atoms with Gasteiger partial charge in [0, 0.05) is 10.4 Å². The summed E-state index contributed by atoms with van der Waals surface area (Å²) in [7, 11) is 0. The molecule has 2 rings (SSSR count). The van der Waals surface area contributed by atoms with Crippen LogP contribution in [-0.4, -0.2) is 5.11 Å². The first kappa shape index (κ1) is 11.2. The van der Waals surface area contributed by atoms with Gasteiger partial charge in [-0.15, -0.1) is 11.3 Å². The van der Waals surface area contributed by atoms with E-state index in [0.717, 1.165) is 14.2 Å². The number of hydrogen-bond acceptors (Lipinski definition) is 3. The minimum Gasteiger partial charge on any atom is -0.447 e. The van der Waals surface area contributed by atoms with Gasteiger partial charge in [0.15, 0.2) is 5.22 Å². The van der Waals surface area contributed by atoms with E-state index in [1.54, 1.807) is 23.5 Å². The van der Waals surface area contributed by atoms with Crippen LogP contribution in [0.3, 0.4) is 0 Å². The maximum Gasteiger partial charge on any atom is 0.193 e. The standard InChI is InChI=1S/C10H8BrClO2S/c1-5-6(4-8(11)15-5)10(13)7-2-3-9(12)14-7/h2-4,10,13H,1H3. The Hall–Kier alpha value is -0.290. The molecule has 2 nitrogen and oxygen atoms in total. The molecule has 1 unspecified atom stereocenters. The summed E-state index contributed by atoms with van der Waals surface area (Å²) in [5.74, 6) is 0.466. The second kappa shape index (κ2) is 4.29. The van der Waals surface area contributed by atoms with Crippen LogP contribution < -0.4 is 0 Å². The monoisotopic (exact) mass is 306 g/mol. The quantitative estimate of drug-likeness (QED) is 0.904. The van der Waals surface area contributed by atoms with E-state index in [1.807, 2.05) is 13.0 Å². The molecule has 0 amide bonds. The molecule has 80 valence electrons. The van der Waals surface area contributed by atoms with Crippen molar-refractivity contribution in [2.45, 2.75) is 13.0 Å². The summed E-state index contributed by atoms with van der Waals surface area (Å²) in [6.45, 7) is 1.96. The summed E-state index contributed by atoms with van der Waals surface area (Å²) in [6, 6.07) is 5.19. The van der Waals surface area contributed by atoms with Gasteiger partial charge in [-0.3, -0.25) is 0 Å². The number of halogens is 2. The third-order valence-corrected chi connectivity index (χ3v) is 3.86. The lowest BCUT2D eigenvalue weighted by atomic mass is 10.1. The van der Waals surface area contributed by atoms with E-state index in [-0.39, 0.29) is 5.22 Å². The lowest BCUT2D eigenvalue weighted by Crippen LogP contribution is -1.97. The van der Waals surface area contributed by atoms with Crippen molar-refractivity contribution in [1.82, 2.24) is 0 Å². The van der Waals surface area contributed by atoms with E-state index in [4.69, 9.17) is 16.0 Å². The highest BCUT2D eigenvalue weighted by Crippen LogP contribution is 2.34. The van der Waals surface area contributed by atoms with Gasteiger partial charge >= 0.3 is 0 Å². The van der Waals surface area contributed by atoms with Gasteiger partial charge in [0.25, 0.3) is 0 Å². The predicted octanol–water partition coefficient (Wildman–Crippen LogP) is 4.15. The minimum atomic E-state index is -0.750. The van der Waals surface area contributed by atoms with Crippen molar-refractivity contribution in [3.05, 3.63) is 43.4 Å². The highest BCUT2D eigenvalue weighted by molar-refractivity contribution is 9.11. The highest BCUT2D eigenvalue weighted by atomic mass is 79.9. The summed E-state index contributed by atoms with van der Waals surface area (Å²) >= 11 is 10.6. The van der Waals surface area contributed by atoms with Crippen molar-refractivity contribution in [3.63, 3.8) is 0 Å². The number of thiophene rings is 1. The van der Waals surface area contributed by atoms with Crippen LogP contribution in [0.4, 0.5) is 0 Å². The Bertz CT molecular complexity index is 477. The van der Waals surface area contributed by atoms with Crippen LogP contribution in [0.5, 0.6) is 0 Å². The van der Waals surface area contributed by atoms with Crippen molar-refractivity contribution < 1.29 is 9.52 Å². The van der Waals surface area contributed by atoms with E-state index < -0.39 is 6.10 Å². The highest BCUT2D eigenvalue weighted by Gasteiger charge is 2.18. The molecule has 15 heavy (non-hydrogen) atoms. The third-order valence-electron chi connectivity index (χ3n) is 2.08. The zero-order chi connectivity index (χ0) is 11.0. The van der Waals surface area contributed by atoms with Crippen molar-refractivity contribution in [2.24, 2.45) is 0 Å². The Morgan fingerprint density at radius 1 is 1.53 bits per heavy atom. The van der Waals surface area contributed by atoms with Gasteiger partial charge in [0.2, 0.25) is 0 Å². The molecular weight excluding hydrogens is 300 g/mol. The number of hydrogen-bond donors (Lipinski definition) is 1. The van der Waals surface area contributed by atoms with Crippen molar-refractivity contribution >= 4 is 38.9 Å². The Morgan fingerprint density at radius 3 is 2.73 bits per heavy atom. The molecule has 1 N–H and O–H groups in total. The summed E-state index contributed by atoms with van der Waals surface area (Å²) in [6.07, 6.45) is -0.750. The van der Waals surface area contributed by atoms with Crippen LogP contribution in [0.15, 0.2) is 26.4 Å². The molecule has 0 bridgehead atoms. The normalized spacial score (nSPS) is 13.1. The van der Waals surface area contributed by atoms with E-state index in [1.165, 1.54) is 0 Å². The fourth-order valence-electron chi connectivity index (χ4n) is 1.36. The fourth-order valence-corrected chi connectivity index (χ4v) is 3.25. The first-order valence-electron chi connectivity index (χ1n) is 4.27. The van der Waals surface area contributed by atoms with Crippen LogP contribution in [0.2, 0.25) is 5.22 Å². The molecule has 0 aliphatic rings. The fraction of sp³-hybridized carbons (Fsp3) is 0.200. The van der Waals surface area contributed by atoms with Crippen molar-refractivity contribution in [2.75, 3.05) is 0 Å². The number of aryl methyl sites for hydroxylation is 1. The molecule has 1 atom stereocenters.